The van der Waals surface area contributed by atoms with Crippen LogP contribution < -0.4 is 9.47 Å². The fourth-order valence-electron chi connectivity index (χ4n) is 2.33. The number of esters is 1. The Hall–Kier alpha value is -2.74. The molecule has 0 bridgehead atoms. The van der Waals surface area contributed by atoms with Gasteiger partial charge in [0.15, 0.2) is 11.5 Å². The summed E-state index contributed by atoms with van der Waals surface area (Å²) in [7, 11) is 1.51. The van der Waals surface area contributed by atoms with Gasteiger partial charge < -0.3 is 14.2 Å². The van der Waals surface area contributed by atoms with Crippen LogP contribution in [0.4, 0.5) is 4.79 Å². The number of imide groups is 1. The molecule has 150 valence electrons. The monoisotopic (exact) mass is 405 g/mol. The van der Waals surface area contributed by atoms with Crippen molar-refractivity contribution in [2.45, 2.75) is 19.8 Å². The van der Waals surface area contributed by atoms with Crippen LogP contribution in [-0.4, -0.2) is 48.9 Å². The van der Waals surface area contributed by atoms with Gasteiger partial charge in [-0.25, -0.2) is 0 Å². The van der Waals surface area contributed by atoms with Crippen molar-refractivity contribution in [1.29, 1.82) is 0 Å². The predicted octanol–water partition coefficient (Wildman–Crippen LogP) is 3.64. The van der Waals surface area contributed by atoms with E-state index in [1.807, 2.05) is 6.92 Å². The Balaban J connectivity index is 2.10. The lowest BCUT2D eigenvalue weighted by molar-refractivity contribution is -0.146. The molecule has 2 amide bonds. The first-order chi connectivity index (χ1) is 13.5. The number of benzene rings is 1. The average molecular weight is 405 g/mol. The highest BCUT2D eigenvalue weighted by Gasteiger charge is 2.36. The van der Waals surface area contributed by atoms with E-state index in [2.05, 4.69) is 6.58 Å². The Morgan fingerprint density at radius 1 is 1.29 bits per heavy atom. The van der Waals surface area contributed by atoms with E-state index in [1.165, 1.54) is 7.11 Å². The maximum absolute atomic E-state index is 12.5. The number of carbonyl (C=O) groups is 3. The lowest BCUT2D eigenvalue weighted by Gasteiger charge is -2.11. The fourth-order valence-corrected chi connectivity index (χ4v) is 3.17. The highest BCUT2D eigenvalue weighted by molar-refractivity contribution is 8.18. The highest BCUT2D eigenvalue weighted by Crippen LogP contribution is 2.34. The molecule has 0 unspecified atom stereocenters. The normalized spacial score (nSPS) is 15.1. The number of amides is 2. The van der Waals surface area contributed by atoms with E-state index in [-0.39, 0.29) is 18.1 Å². The molecular weight excluding hydrogens is 382 g/mol. The third-order valence-corrected chi connectivity index (χ3v) is 4.67. The number of thioether (sulfide) groups is 1. The minimum absolute atomic E-state index is 0.230. The minimum atomic E-state index is -0.595. The summed E-state index contributed by atoms with van der Waals surface area (Å²) in [4.78, 5) is 37.5. The van der Waals surface area contributed by atoms with E-state index in [0.717, 1.165) is 29.5 Å². The lowest BCUT2D eigenvalue weighted by Crippen LogP contribution is -2.34. The summed E-state index contributed by atoms with van der Waals surface area (Å²) >= 11 is 0.784. The zero-order valence-electron chi connectivity index (χ0n) is 15.9. The van der Waals surface area contributed by atoms with Crippen LogP contribution in [0.25, 0.3) is 6.08 Å². The number of hydrogen-bond acceptors (Lipinski definition) is 7. The molecule has 1 fully saturated rings. The van der Waals surface area contributed by atoms with Crippen LogP contribution in [0, 0.1) is 0 Å². The number of rotatable bonds is 10. The van der Waals surface area contributed by atoms with Gasteiger partial charge in [0.1, 0.15) is 13.2 Å². The molecule has 0 aromatic heterocycles. The summed E-state index contributed by atoms with van der Waals surface area (Å²) in [5, 5.41) is -0.499. The van der Waals surface area contributed by atoms with Crippen molar-refractivity contribution in [1.82, 2.24) is 4.90 Å². The van der Waals surface area contributed by atoms with Crippen LogP contribution in [0.3, 0.4) is 0 Å². The van der Waals surface area contributed by atoms with E-state index < -0.39 is 17.1 Å². The van der Waals surface area contributed by atoms with Crippen molar-refractivity contribution in [3.63, 3.8) is 0 Å². The molecule has 8 heteroatoms. The Bertz CT molecular complexity index is 789. The summed E-state index contributed by atoms with van der Waals surface area (Å²) in [6.07, 6.45) is 4.82. The SMILES string of the molecule is C=CCOc1ccc(/C=C2/SC(=O)N(CC(=O)OCCCC)C2=O)cc1OC. The Kier molecular flexibility index (Phi) is 8.13. The molecule has 1 aromatic rings. The standard InChI is InChI=1S/C20H23NO6S/c1-4-6-10-27-18(22)13-21-19(23)17(28-20(21)24)12-14-7-8-15(26-9-5-2)16(11-14)25-3/h5,7-8,11-12H,2,4,6,9-10,13H2,1,3H3/b17-12+. The van der Waals surface area contributed by atoms with Crippen molar-refractivity contribution >= 4 is 35.0 Å². The van der Waals surface area contributed by atoms with Gasteiger partial charge >= 0.3 is 5.97 Å². The van der Waals surface area contributed by atoms with Gasteiger partial charge in [0.25, 0.3) is 11.1 Å². The molecule has 0 aliphatic carbocycles. The molecule has 1 aliphatic rings. The minimum Gasteiger partial charge on any atom is -0.493 e. The average Bonchev–Trinajstić information content (AvgIpc) is 2.94. The van der Waals surface area contributed by atoms with E-state index in [0.29, 0.717) is 23.7 Å². The summed E-state index contributed by atoms with van der Waals surface area (Å²) < 4.78 is 15.8. The molecular formula is C20H23NO6S. The van der Waals surface area contributed by atoms with Gasteiger partial charge in [-0.05, 0) is 42.0 Å². The molecule has 0 saturated carbocycles. The van der Waals surface area contributed by atoms with Gasteiger partial charge in [-0.1, -0.05) is 32.1 Å². The summed E-state index contributed by atoms with van der Waals surface area (Å²) in [5.74, 6) is -0.0763. The zero-order valence-corrected chi connectivity index (χ0v) is 16.8. The number of methoxy groups -OCH3 is 1. The smallest absolute Gasteiger partial charge is 0.326 e. The van der Waals surface area contributed by atoms with E-state index >= 15 is 0 Å². The van der Waals surface area contributed by atoms with Gasteiger partial charge in [-0.2, -0.15) is 0 Å². The summed E-state index contributed by atoms with van der Waals surface area (Å²) in [6, 6.07) is 5.16. The van der Waals surface area contributed by atoms with Gasteiger partial charge in [0.05, 0.1) is 18.6 Å². The second kappa shape index (κ2) is 10.6. The molecule has 0 N–H and O–H groups in total. The van der Waals surface area contributed by atoms with Crippen LogP contribution in [0.5, 0.6) is 11.5 Å². The largest absolute Gasteiger partial charge is 0.493 e. The second-order valence-corrected chi connectivity index (χ2v) is 6.85. The number of nitrogens with zero attached hydrogens (tertiary/aromatic N) is 1. The number of ether oxygens (including phenoxy) is 3. The van der Waals surface area contributed by atoms with E-state index in [4.69, 9.17) is 14.2 Å². The van der Waals surface area contributed by atoms with Crippen LogP contribution in [0.1, 0.15) is 25.3 Å². The molecule has 1 aromatic carbocycles. The van der Waals surface area contributed by atoms with Crippen LogP contribution in [0.15, 0.2) is 35.8 Å². The predicted molar refractivity (Wildman–Crippen MR) is 107 cm³/mol. The maximum Gasteiger partial charge on any atom is 0.326 e. The maximum atomic E-state index is 12.5. The molecule has 0 radical (unpaired) electrons. The van der Waals surface area contributed by atoms with Crippen molar-refractivity contribution in [2.75, 3.05) is 26.9 Å². The Morgan fingerprint density at radius 3 is 2.75 bits per heavy atom. The summed E-state index contributed by atoms with van der Waals surface area (Å²) in [6.45, 7) is 5.80. The fraction of sp³-hybridized carbons (Fsp3) is 0.350. The van der Waals surface area contributed by atoms with Gasteiger partial charge in [0, 0.05) is 0 Å². The van der Waals surface area contributed by atoms with Gasteiger partial charge in [0.2, 0.25) is 0 Å². The molecule has 2 rings (SSSR count). The Labute approximate surface area is 168 Å². The quantitative estimate of drug-likeness (QED) is 0.254. The molecule has 0 atom stereocenters. The van der Waals surface area contributed by atoms with Crippen LogP contribution in [0.2, 0.25) is 0 Å². The van der Waals surface area contributed by atoms with Crippen molar-refractivity contribution in [3.8, 4) is 11.5 Å². The molecule has 7 nitrogen and oxygen atoms in total. The number of unbranched alkanes of at least 4 members (excludes halogenated alkanes) is 1. The third-order valence-electron chi connectivity index (χ3n) is 3.76. The summed E-state index contributed by atoms with van der Waals surface area (Å²) in [5.41, 5.74) is 0.666. The van der Waals surface area contributed by atoms with Crippen LogP contribution >= 0.6 is 11.8 Å². The third kappa shape index (κ3) is 5.63. The molecule has 28 heavy (non-hydrogen) atoms. The van der Waals surface area contributed by atoms with Gasteiger partial charge in [-0.3, -0.25) is 19.3 Å². The first-order valence-corrected chi connectivity index (χ1v) is 9.64. The zero-order chi connectivity index (χ0) is 20.5. The Morgan fingerprint density at radius 2 is 2.07 bits per heavy atom. The van der Waals surface area contributed by atoms with E-state index in [1.54, 1.807) is 30.4 Å². The highest BCUT2D eigenvalue weighted by atomic mass is 32.2. The topological polar surface area (TPSA) is 82.1 Å². The first-order valence-electron chi connectivity index (χ1n) is 8.82. The lowest BCUT2D eigenvalue weighted by atomic mass is 10.2. The van der Waals surface area contributed by atoms with E-state index in [9.17, 15) is 14.4 Å². The number of carbonyl (C=O) groups excluding carboxylic acids is 3. The molecule has 1 saturated heterocycles. The number of hydrogen-bond donors (Lipinski definition) is 0. The van der Waals surface area contributed by atoms with Crippen molar-refractivity contribution < 1.29 is 28.6 Å². The van der Waals surface area contributed by atoms with Crippen molar-refractivity contribution in [3.05, 3.63) is 41.3 Å². The molecule has 1 aliphatic heterocycles. The first kappa shape index (κ1) is 21.6. The van der Waals surface area contributed by atoms with Gasteiger partial charge in [-0.15, -0.1) is 0 Å². The van der Waals surface area contributed by atoms with Crippen molar-refractivity contribution in [2.24, 2.45) is 0 Å². The molecule has 0 spiro atoms. The molecule has 1 heterocycles. The second-order valence-electron chi connectivity index (χ2n) is 5.85. The van der Waals surface area contributed by atoms with Crippen LogP contribution in [-0.2, 0) is 14.3 Å².